The van der Waals surface area contributed by atoms with Crippen molar-refractivity contribution in [1.82, 2.24) is 19.5 Å². The van der Waals surface area contributed by atoms with E-state index in [0.717, 1.165) is 6.33 Å². The zero-order valence-corrected chi connectivity index (χ0v) is 18.5. The second kappa shape index (κ2) is 7.32. The van der Waals surface area contributed by atoms with Crippen LogP contribution in [0.1, 0.15) is 13.0 Å². The Balaban J connectivity index is 1.53. The van der Waals surface area contributed by atoms with Crippen molar-refractivity contribution in [2.75, 3.05) is 5.73 Å². The first-order valence-electron chi connectivity index (χ1n) is 8.69. The Morgan fingerprint density at radius 1 is 1.12 bits per heavy atom. The Morgan fingerprint density at radius 2 is 1.78 bits per heavy atom. The van der Waals surface area contributed by atoms with Crippen molar-refractivity contribution < 1.29 is 55.9 Å². The van der Waals surface area contributed by atoms with Crippen LogP contribution in [0.3, 0.4) is 0 Å². The Bertz CT molecular complexity index is 1220. The minimum atomic E-state index is -5.75. The van der Waals surface area contributed by atoms with E-state index in [9.17, 15) is 28.6 Å². The molecule has 7 N–H and O–H groups in total. The smallest absolute Gasteiger partial charge is 0.384 e. The van der Waals surface area contributed by atoms with Crippen LogP contribution in [0, 0.1) is 11.8 Å². The van der Waals surface area contributed by atoms with Crippen LogP contribution in [0.4, 0.5) is 10.2 Å². The summed E-state index contributed by atoms with van der Waals surface area (Å²) in [7, 11) is -16.8. The highest BCUT2D eigenvalue weighted by Gasteiger charge is 2.80. The molecule has 0 aliphatic heterocycles. The highest BCUT2D eigenvalue weighted by molar-refractivity contribution is 7.66. The van der Waals surface area contributed by atoms with E-state index in [4.69, 9.17) is 15.5 Å². The number of rotatable bonds is 7. The van der Waals surface area contributed by atoms with Gasteiger partial charge < -0.3 is 35.0 Å². The Labute approximate surface area is 177 Å². The van der Waals surface area contributed by atoms with Crippen molar-refractivity contribution >= 4 is 40.4 Å². The predicted molar refractivity (Wildman–Crippen MR) is 100 cm³/mol. The van der Waals surface area contributed by atoms with Crippen molar-refractivity contribution in [3.05, 3.63) is 12.7 Å². The van der Waals surface area contributed by atoms with Gasteiger partial charge in [-0.1, -0.05) is 6.92 Å². The number of fused-ring (bicyclic) bond motifs is 2. The largest absolute Gasteiger partial charge is 0.490 e. The lowest BCUT2D eigenvalue weighted by Gasteiger charge is -2.27. The number of nitrogens with zero attached hydrogens (tertiary/aromatic N) is 4. The molecule has 0 saturated heterocycles. The lowest BCUT2D eigenvalue weighted by Crippen LogP contribution is -2.35. The molecule has 2 aliphatic rings. The average molecular weight is 519 g/mol. The predicted octanol–water partition coefficient (Wildman–Crippen LogP) is 0.0102. The molecule has 2 saturated carbocycles. The summed E-state index contributed by atoms with van der Waals surface area (Å²) in [5.41, 5.74) is 3.85. The molecular formula is C12H17FN5O11P3. The fraction of sp³-hybridized carbons (Fsp3) is 0.583. The number of halogens is 1. The molecule has 0 aromatic carbocycles. The van der Waals surface area contributed by atoms with Crippen molar-refractivity contribution in [3.63, 3.8) is 0 Å². The van der Waals surface area contributed by atoms with Crippen molar-refractivity contribution in [3.8, 4) is 0 Å². The molecule has 8 atom stereocenters. The van der Waals surface area contributed by atoms with E-state index in [-0.39, 0.29) is 17.0 Å². The minimum Gasteiger partial charge on any atom is -0.384 e. The van der Waals surface area contributed by atoms with E-state index in [0.29, 0.717) is 0 Å². The summed E-state index contributed by atoms with van der Waals surface area (Å²) in [4.78, 5) is 47.8. The van der Waals surface area contributed by atoms with Gasteiger partial charge in [0.25, 0.3) is 0 Å². The number of hydrogen-bond acceptors (Lipinski definition) is 11. The summed E-state index contributed by atoms with van der Waals surface area (Å²) in [5.74, 6) is -1.71. The number of nitrogens with two attached hydrogens (primary N) is 1. The molecule has 4 rings (SSSR count). The highest BCUT2D eigenvalue weighted by Crippen LogP contribution is 2.72. The first-order chi connectivity index (χ1) is 14.6. The number of imidazole rings is 1. The van der Waals surface area contributed by atoms with Gasteiger partial charge in [-0.25, -0.2) is 33.0 Å². The molecule has 0 amide bonds. The summed E-state index contributed by atoms with van der Waals surface area (Å²) in [6, 6.07) is -1.02. The number of nitrogen functional groups attached to an aromatic ring is 1. The Kier molecular flexibility index (Phi) is 5.45. The molecule has 2 aromatic rings. The fourth-order valence-electron chi connectivity index (χ4n) is 4.25. The van der Waals surface area contributed by atoms with Gasteiger partial charge in [-0.05, 0) is 5.92 Å². The zero-order chi connectivity index (χ0) is 23.9. The van der Waals surface area contributed by atoms with Gasteiger partial charge >= 0.3 is 23.5 Å². The number of alkyl halides is 1. The van der Waals surface area contributed by atoms with Gasteiger partial charge in [0.05, 0.1) is 12.4 Å². The molecule has 20 heteroatoms. The number of anilines is 1. The maximum atomic E-state index is 15.3. The van der Waals surface area contributed by atoms with Crippen LogP contribution in [-0.4, -0.2) is 62.1 Å². The quantitative estimate of drug-likeness (QED) is 0.264. The van der Waals surface area contributed by atoms with E-state index in [2.05, 4.69) is 28.1 Å². The summed E-state index contributed by atoms with van der Waals surface area (Å²) >= 11 is 0. The maximum Gasteiger partial charge on any atom is 0.490 e. The van der Waals surface area contributed by atoms with Crippen LogP contribution in [-0.2, 0) is 26.8 Å². The van der Waals surface area contributed by atoms with Gasteiger partial charge in [0.1, 0.15) is 23.5 Å². The first-order valence-corrected chi connectivity index (χ1v) is 13.2. The molecule has 0 spiro atoms. The molecule has 32 heavy (non-hydrogen) atoms. The van der Waals surface area contributed by atoms with Crippen LogP contribution in [0.15, 0.2) is 12.7 Å². The lowest BCUT2D eigenvalue weighted by molar-refractivity contribution is 0.00130. The number of phosphoric acid groups is 3. The van der Waals surface area contributed by atoms with Crippen LogP contribution in [0.5, 0.6) is 0 Å². The van der Waals surface area contributed by atoms with Crippen molar-refractivity contribution in [1.29, 1.82) is 0 Å². The second-order valence-electron chi connectivity index (χ2n) is 7.36. The molecule has 2 heterocycles. The summed E-state index contributed by atoms with van der Waals surface area (Å²) < 4.78 is 62.8. The topological polar surface area (TPSA) is 250 Å². The van der Waals surface area contributed by atoms with E-state index in [1.807, 2.05) is 0 Å². The van der Waals surface area contributed by atoms with Crippen molar-refractivity contribution in [2.45, 2.75) is 30.8 Å². The van der Waals surface area contributed by atoms with Crippen LogP contribution < -0.4 is 5.73 Å². The van der Waals surface area contributed by atoms with E-state index in [1.165, 1.54) is 17.8 Å². The SMILES string of the molecule is C[C@@H]1[C@@H](n2cnc3c(N)ncnc32)[C@H](F)[C@@]2(O)C(OP(=O)(O)OP(=O)(O)OP(=O)(O)O)[C@@H]12. The van der Waals surface area contributed by atoms with Gasteiger partial charge in [-0.2, -0.15) is 8.62 Å². The molecule has 2 aromatic heterocycles. The zero-order valence-electron chi connectivity index (χ0n) is 15.8. The third kappa shape index (κ3) is 3.93. The monoisotopic (exact) mass is 519 g/mol. The molecular weight excluding hydrogens is 502 g/mol. The molecule has 0 radical (unpaired) electrons. The van der Waals surface area contributed by atoms with Crippen molar-refractivity contribution in [2.24, 2.45) is 11.8 Å². The molecule has 178 valence electrons. The Morgan fingerprint density at radius 3 is 2.34 bits per heavy atom. The normalized spacial score (nSPS) is 35.9. The van der Waals surface area contributed by atoms with E-state index in [1.54, 1.807) is 0 Å². The van der Waals surface area contributed by atoms with Gasteiger partial charge in [-0.3, -0.25) is 4.52 Å². The van der Waals surface area contributed by atoms with Gasteiger partial charge in [0.2, 0.25) is 0 Å². The van der Waals surface area contributed by atoms with Crippen LogP contribution in [0.2, 0.25) is 0 Å². The number of aliphatic hydroxyl groups is 1. The maximum absolute atomic E-state index is 15.3. The van der Waals surface area contributed by atoms with Crippen LogP contribution in [0.25, 0.3) is 11.2 Å². The Hall–Kier alpha value is -1.35. The molecule has 2 fully saturated rings. The standard InChI is InChI=1S/C12H17FN5O11P3/c1-4-5-9(27-31(23,24)29-32(25,26)28-30(20,21)22)12(5,19)8(13)7(4)18-3-17-6-10(14)15-2-16-11(6)18/h2-5,7-9,19H,1H3,(H,23,24)(H,25,26)(H2,14,15,16)(H2,20,21,22)/t4-,5+,7+,8-,9?,12+/m0/s1. The molecule has 16 nitrogen and oxygen atoms in total. The molecule has 3 unspecified atom stereocenters. The number of hydrogen-bond donors (Lipinski definition) is 6. The van der Waals surface area contributed by atoms with E-state index >= 15 is 4.39 Å². The van der Waals surface area contributed by atoms with Gasteiger partial charge in [0.15, 0.2) is 17.6 Å². The number of aromatic nitrogens is 4. The molecule has 0 bridgehead atoms. The average Bonchev–Trinajstić information content (AvgIpc) is 2.90. The van der Waals surface area contributed by atoms with Gasteiger partial charge in [-0.15, -0.1) is 0 Å². The minimum absolute atomic E-state index is 0.0595. The van der Waals surface area contributed by atoms with Crippen LogP contribution >= 0.6 is 23.5 Å². The van der Waals surface area contributed by atoms with E-state index < -0.39 is 59.2 Å². The summed E-state index contributed by atoms with van der Waals surface area (Å²) in [6.45, 7) is 1.52. The first kappa shape index (κ1) is 23.8. The lowest BCUT2D eigenvalue weighted by atomic mass is 9.98. The number of phosphoric ester groups is 1. The third-order valence-corrected chi connectivity index (χ3v) is 9.25. The summed E-state index contributed by atoms with van der Waals surface area (Å²) in [6.07, 6.45) is -1.29. The molecule has 2 aliphatic carbocycles. The third-order valence-electron chi connectivity index (χ3n) is 5.42. The second-order valence-corrected chi connectivity index (χ2v) is 11.7. The fourth-order valence-corrected chi connectivity index (χ4v) is 7.50. The van der Waals surface area contributed by atoms with Gasteiger partial charge in [0, 0.05) is 5.92 Å². The summed E-state index contributed by atoms with van der Waals surface area (Å²) in [5, 5.41) is 10.7. The highest BCUT2D eigenvalue weighted by atomic mass is 31.3.